The Morgan fingerprint density at radius 2 is 2.05 bits per heavy atom. The van der Waals surface area contributed by atoms with Crippen molar-refractivity contribution < 1.29 is 19.1 Å². The van der Waals surface area contributed by atoms with Crippen molar-refractivity contribution in [2.45, 2.75) is 20.0 Å². The normalized spacial score (nSPS) is 11.3. The number of rotatable bonds is 4. The van der Waals surface area contributed by atoms with Crippen LogP contribution in [-0.2, 0) is 9.53 Å². The Morgan fingerprint density at radius 3 is 2.65 bits per heavy atom. The second-order valence-electron chi connectivity index (χ2n) is 3.91. The van der Waals surface area contributed by atoms with E-state index in [1.807, 2.05) is 6.07 Å². The summed E-state index contributed by atoms with van der Waals surface area (Å²) in [5.74, 6) is -1.28. The second kappa shape index (κ2) is 7.83. The van der Waals surface area contributed by atoms with Crippen LogP contribution in [0, 0.1) is 3.57 Å². The first-order valence-corrected chi connectivity index (χ1v) is 7.07. The van der Waals surface area contributed by atoms with Gasteiger partial charge in [-0.3, -0.25) is 10.1 Å². The third-order valence-electron chi connectivity index (χ3n) is 2.29. The van der Waals surface area contributed by atoms with E-state index in [4.69, 9.17) is 4.74 Å². The molecule has 108 valence electrons. The van der Waals surface area contributed by atoms with Crippen LogP contribution in [0.1, 0.15) is 24.2 Å². The number of benzene rings is 1. The zero-order valence-corrected chi connectivity index (χ0v) is 13.3. The average molecular weight is 390 g/mol. The van der Waals surface area contributed by atoms with E-state index in [0.29, 0.717) is 12.1 Å². The first-order valence-electron chi connectivity index (χ1n) is 5.99. The van der Waals surface area contributed by atoms with Crippen molar-refractivity contribution in [3.8, 4) is 0 Å². The maximum absolute atomic E-state index is 11.8. The molecule has 1 rings (SSSR count). The highest BCUT2D eigenvalue weighted by molar-refractivity contribution is 14.1. The monoisotopic (exact) mass is 390 g/mol. The van der Waals surface area contributed by atoms with Crippen LogP contribution in [0.3, 0.4) is 0 Å². The molecule has 0 saturated carbocycles. The maximum atomic E-state index is 11.8. The summed E-state index contributed by atoms with van der Waals surface area (Å²) in [6.45, 7) is 3.53. The van der Waals surface area contributed by atoms with Gasteiger partial charge in [0.1, 0.15) is 0 Å². The van der Waals surface area contributed by atoms with E-state index in [1.54, 1.807) is 25.1 Å². The SMILES string of the molecule is CCNC(=O)NC(=O)[C@H](C)OC(=O)c1cccc(I)c1. The summed E-state index contributed by atoms with van der Waals surface area (Å²) in [4.78, 5) is 34.6. The molecular weight excluding hydrogens is 375 g/mol. The van der Waals surface area contributed by atoms with Gasteiger partial charge in [-0.05, 0) is 54.6 Å². The van der Waals surface area contributed by atoms with Crippen molar-refractivity contribution in [3.63, 3.8) is 0 Å². The summed E-state index contributed by atoms with van der Waals surface area (Å²) in [7, 11) is 0. The molecule has 3 amide bonds. The lowest BCUT2D eigenvalue weighted by molar-refractivity contribution is -0.127. The summed E-state index contributed by atoms with van der Waals surface area (Å²) < 4.78 is 5.88. The van der Waals surface area contributed by atoms with E-state index in [9.17, 15) is 14.4 Å². The smallest absolute Gasteiger partial charge is 0.338 e. The first-order chi connectivity index (χ1) is 9.43. The minimum absolute atomic E-state index is 0.356. The molecule has 6 nitrogen and oxygen atoms in total. The zero-order valence-electron chi connectivity index (χ0n) is 11.1. The third kappa shape index (κ3) is 5.16. The Labute approximate surface area is 130 Å². The lowest BCUT2D eigenvalue weighted by atomic mass is 10.2. The van der Waals surface area contributed by atoms with Gasteiger partial charge in [-0.25, -0.2) is 9.59 Å². The molecular formula is C13H15IN2O4. The lowest BCUT2D eigenvalue weighted by Gasteiger charge is -2.13. The van der Waals surface area contributed by atoms with Crippen LogP contribution in [-0.4, -0.2) is 30.6 Å². The number of urea groups is 1. The fourth-order valence-electron chi connectivity index (χ4n) is 1.32. The van der Waals surface area contributed by atoms with Crippen molar-refractivity contribution >= 4 is 40.5 Å². The Bertz CT molecular complexity index is 519. The van der Waals surface area contributed by atoms with Crippen LogP contribution in [0.2, 0.25) is 0 Å². The molecule has 0 aliphatic heterocycles. The molecule has 0 saturated heterocycles. The molecule has 0 heterocycles. The summed E-state index contributed by atoms with van der Waals surface area (Å²) >= 11 is 2.07. The van der Waals surface area contributed by atoms with Crippen LogP contribution in [0.15, 0.2) is 24.3 Å². The van der Waals surface area contributed by atoms with E-state index in [2.05, 4.69) is 33.2 Å². The molecule has 2 N–H and O–H groups in total. The van der Waals surface area contributed by atoms with Gasteiger partial charge < -0.3 is 10.1 Å². The highest BCUT2D eigenvalue weighted by atomic mass is 127. The number of carbonyl (C=O) groups is 3. The number of nitrogens with one attached hydrogen (secondary N) is 2. The number of imide groups is 1. The van der Waals surface area contributed by atoms with Gasteiger partial charge in [0.05, 0.1) is 5.56 Å². The summed E-state index contributed by atoms with van der Waals surface area (Å²) in [5.41, 5.74) is 0.356. The predicted molar refractivity (Wildman–Crippen MR) is 81.3 cm³/mol. The number of esters is 1. The third-order valence-corrected chi connectivity index (χ3v) is 2.96. The predicted octanol–water partition coefficient (Wildman–Crippen LogP) is 1.68. The first kappa shape index (κ1) is 16.4. The Morgan fingerprint density at radius 1 is 1.35 bits per heavy atom. The molecule has 1 aromatic carbocycles. The summed E-state index contributed by atoms with van der Waals surface area (Å²) in [5, 5.41) is 4.49. The van der Waals surface area contributed by atoms with Crippen molar-refractivity contribution in [3.05, 3.63) is 33.4 Å². The van der Waals surface area contributed by atoms with Crippen molar-refractivity contribution in [2.75, 3.05) is 6.54 Å². The van der Waals surface area contributed by atoms with Crippen LogP contribution in [0.4, 0.5) is 4.79 Å². The largest absolute Gasteiger partial charge is 0.449 e. The molecule has 7 heteroatoms. The minimum atomic E-state index is -1.05. The van der Waals surface area contributed by atoms with Crippen molar-refractivity contribution in [1.82, 2.24) is 10.6 Å². The Hall–Kier alpha value is -1.64. The fraction of sp³-hybridized carbons (Fsp3) is 0.308. The number of halogens is 1. The van der Waals surface area contributed by atoms with Gasteiger partial charge in [-0.15, -0.1) is 0 Å². The van der Waals surface area contributed by atoms with Crippen LogP contribution < -0.4 is 10.6 Å². The molecule has 20 heavy (non-hydrogen) atoms. The quantitative estimate of drug-likeness (QED) is 0.606. The fourth-order valence-corrected chi connectivity index (χ4v) is 1.86. The minimum Gasteiger partial charge on any atom is -0.449 e. The van der Waals surface area contributed by atoms with Gasteiger partial charge in [0, 0.05) is 10.1 Å². The van der Waals surface area contributed by atoms with Gasteiger partial charge in [0.25, 0.3) is 5.91 Å². The standard InChI is InChI=1S/C13H15IN2O4/c1-3-15-13(19)16-11(17)8(2)20-12(18)9-5-4-6-10(14)7-9/h4-8H,3H2,1-2H3,(H2,15,16,17,19)/t8-/m0/s1. The average Bonchev–Trinajstić information content (AvgIpc) is 2.38. The van der Waals surface area contributed by atoms with Gasteiger partial charge >= 0.3 is 12.0 Å². The molecule has 0 aromatic heterocycles. The molecule has 0 fully saturated rings. The van der Waals surface area contributed by atoms with E-state index >= 15 is 0 Å². The molecule has 1 atom stereocenters. The maximum Gasteiger partial charge on any atom is 0.338 e. The van der Waals surface area contributed by atoms with E-state index < -0.39 is 24.0 Å². The van der Waals surface area contributed by atoms with Crippen molar-refractivity contribution in [1.29, 1.82) is 0 Å². The molecule has 1 aromatic rings. The molecule has 0 bridgehead atoms. The topological polar surface area (TPSA) is 84.5 Å². The second-order valence-corrected chi connectivity index (χ2v) is 5.15. The van der Waals surface area contributed by atoms with Gasteiger partial charge in [-0.2, -0.15) is 0 Å². The highest BCUT2D eigenvalue weighted by Crippen LogP contribution is 2.10. The summed E-state index contributed by atoms with van der Waals surface area (Å²) in [6, 6.07) is 6.19. The number of amides is 3. The molecule has 0 aliphatic rings. The van der Waals surface area contributed by atoms with E-state index in [-0.39, 0.29) is 0 Å². The van der Waals surface area contributed by atoms with Gasteiger partial charge in [0.2, 0.25) is 0 Å². The van der Waals surface area contributed by atoms with E-state index in [1.165, 1.54) is 6.92 Å². The van der Waals surface area contributed by atoms with Gasteiger partial charge in [0.15, 0.2) is 6.10 Å². The number of hydrogen-bond donors (Lipinski definition) is 2. The zero-order chi connectivity index (χ0) is 15.1. The molecule has 0 aliphatic carbocycles. The van der Waals surface area contributed by atoms with Gasteiger partial charge in [-0.1, -0.05) is 6.07 Å². The van der Waals surface area contributed by atoms with Crippen LogP contribution in [0.5, 0.6) is 0 Å². The van der Waals surface area contributed by atoms with Crippen LogP contribution in [0.25, 0.3) is 0 Å². The summed E-state index contributed by atoms with van der Waals surface area (Å²) in [6.07, 6.45) is -1.05. The highest BCUT2D eigenvalue weighted by Gasteiger charge is 2.20. The number of carbonyl (C=O) groups excluding carboxylic acids is 3. The Kier molecular flexibility index (Phi) is 6.43. The Balaban J connectivity index is 2.57. The van der Waals surface area contributed by atoms with Crippen LogP contribution >= 0.6 is 22.6 Å². The molecule has 0 unspecified atom stereocenters. The lowest BCUT2D eigenvalue weighted by Crippen LogP contribution is -2.44. The van der Waals surface area contributed by atoms with E-state index in [0.717, 1.165) is 3.57 Å². The number of ether oxygens (including phenoxy) is 1. The number of hydrogen-bond acceptors (Lipinski definition) is 4. The molecule has 0 radical (unpaired) electrons. The van der Waals surface area contributed by atoms with Crippen molar-refractivity contribution in [2.24, 2.45) is 0 Å². The molecule has 0 spiro atoms.